The molecule has 1 aromatic rings. The number of nitrogen functional groups attached to an aromatic ring is 1. The highest BCUT2D eigenvalue weighted by Gasteiger charge is 2.13. The van der Waals surface area contributed by atoms with E-state index in [9.17, 15) is 9.18 Å². The van der Waals surface area contributed by atoms with E-state index in [0.29, 0.717) is 12.2 Å². The van der Waals surface area contributed by atoms with Crippen LogP contribution in [0.15, 0.2) is 18.2 Å². The van der Waals surface area contributed by atoms with Crippen LogP contribution in [0, 0.1) is 5.82 Å². The minimum absolute atomic E-state index is 0.217. The van der Waals surface area contributed by atoms with Crippen LogP contribution in [0.3, 0.4) is 0 Å². The lowest BCUT2D eigenvalue weighted by Crippen LogP contribution is -2.27. The third-order valence-electron chi connectivity index (χ3n) is 2.07. The normalized spacial score (nSPS) is 9.93. The predicted octanol–water partition coefficient (Wildman–Crippen LogP) is 1.50. The summed E-state index contributed by atoms with van der Waals surface area (Å²) in [5, 5.41) is 0. The zero-order valence-electron chi connectivity index (χ0n) is 8.25. The van der Waals surface area contributed by atoms with Crippen LogP contribution < -0.4 is 5.73 Å². The van der Waals surface area contributed by atoms with Crippen LogP contribution in [0.25, 0.3) is 0 Å². The fraction of sp³-hybridized carbons (Fsp3) is 0.300. The first-order chi connectivity index (χ1) is 6.56. The molecule has 0 aromatic heterocycles. The van der Waals surface area contributed by atoms with Crippen LogP contribution in [0.1, 0.15) is 17.3 Å². The monoisotopic (exact) mass is 196 g/mol. The molecule has 0 unspecified atom stereocenters. The maximum absolute atomic E-state index is 12.8. The number of hydrogen-bond donors (Lipinski definition) is 1. The molecule has 0 spiro atoms. The Labute approximate surface area is 82.3 Å². The van der Waals surface area contributed by atoms with Crippen molar-refractivity contribution in [2.24, 2.45) is 0 Å². The van der Waals surface area contributed by atoms with Gasteiger partial charge in [-0.3, -0.25) is 4.79 Å². The van der Waals surface area contributed by atoms with E-state index in [0.717, 1.165) is 6.07 Å². The molecule has 0 saturated carbocycles. The zero-order valence-corrected chi connectivity index (χ0v) is 8.25. The number of anilines is 1. The van der Waals surface area contributed by atoms with E-state index in [-0.39, 0.29) is 11.5 Å². The summed E-state index contributed by atoms with van der Waals surface area (Å²) in [5.41, 5.74) is 6.09. The highest BCUT2D eigenvalue weighted by atomic mass is 19.1. The van der Waals surface area contributed by atoms with Gasteiger partial charge in [0.1, 0.15) is 5.82 Å². The van der Waals surface area contributed by atoms with E-state index in [1.54, 1.807) is 7.05 Å². The summed E-state index contributed by atoms with van der Waals surface area (Å²) in [6.07, 6.45) is 0. The van der Waals surface area contributed by atoms with Crippen molar-refractivity contribution < 1.29 is 9.18 Å². The second-order valence-corrected chi connectivity index (χ2v) is 3.05. The van der Waals surface area contributed by atoms with Crippen molar-refractivity contribution >= 4 is 11.6 Å². The summed E-state index contributed by atoms with van der Waals surface area (Å²) >= 11 is 0. The Kier molecular flexibility index (Phi) is 3.06. The van der Waals surface area contributed by atoms with Gasteiger partial charge in [-0.2, -0.15) is 0 Å². The fourth-order valence-corrected chi connectivity index (χ4v) is 1.06. The molecule has 0 aliphatic rings. The van der Waals surface area contributed by atoms with Gasteiger partial charge in [0.15, 0.2) is 0 Å². The van der Waals surface area contributed by atoms with Crippen LogP contribution in [0.5, 0.6) is 0 Å². The van der Waals surface area contributed by atoms with Gasteiger partial charge in [-0.25, -0.2) is 4.39 Å². The molecular formula is C10H13FN2O. The molecule has 0 heterocycles. The highest BCUT2D eigenvalue weighted by Crippen LogP contribution is 2.14. The number of benzene rings is 1. The van der Waals surface area contributed by atoms with Crippen LogP contribution in [-0.4, -0.2) is 24.4 Å². The van der Waals surface area contributed by atoms with Gasteiger partial charge in [-0.05, 0) is 25.1 Å². The molecule has 0 radical (unpaired) electrons. The van der Waals surface area contributed by atoms with E-state index in [1.807, 2.05) is 6.92 Å². The minimum Gasteiger partial charge on any atom is -0.398 e. The molecule has 1 aromatic carbocycles. The Bertz CT molecular complexity index is 352. The summed E-state index contributed by atoms with van der Waals surface area (Å²) in [6, 6.07) is 3.79. The number of halogens is 1. The van der Waals surface area contributed by atoms with Crippen molar-refractivity contribution in [3.8, 4) is 0 Å². The van der Waals surface area contributed by atoms with Crippen molar-refractivity contribution in [2.45, 2.75) is 6.92 Å². The maximum atomic E-state index is 12.8. The Hall–Kier alpha value is -1.58. The molecule has 3 nitrogen and oxygen atoms in total. The number of carbonyl (C=O) groups excluding carboxylic acids is 1. The van der Waals surface area contributed by atoms with Crippen LogP contribution in [-0.2, 0) is 0 Å². The lowest BCUT2D eigenvalue weighted by molar-refractivity contribution is 0.0803. The van der Waals surface area contributed by atoms with E-state index < -0.39 is 5.82 Å². The number of nitrogens with zero attached hydrogens (tertiary/aromatic N) is 1. The van der Waals surface area contributed by atoms with Crippen molar-refractivity contribution in [3.05, 3.63) is 29.6 Å². The largest absolute Gasteiger partial charge is 0.398 e. The van der Waals surface area contributed by atoms with E-state index in [2.05, 4.69) is 0 Å². The molecule has 2 N–H and O–H groups in total. The topological polar surface area (TPSA) is 46.3 Å². The van der Waals surface area contributed by atoms with Crippen LogP contribution in [0.4, 0.5) is 10.1 Å². The fourth-order valence-electron chi connectivity index (χ4n) is 1.06. The molecule has 1 amide bonds. The smallest absolute Gasteiger partial charge is 0.255 e. The maximum Gasteiger partial charge on any atom is 0.255 e. The van der Waals surface area contributed by atoms with Crippen molar-refractivity contribution in [1.29, 1.82) is 0 Å². The number of carbonyl (C=O) groups is 1. The Morgan fingerprint density at radius 3 is 2.79 bits per heavy atom. The molecule has 0 atom stereocenters. The average molecular weight is 196 g/mol. The van der Waals surface area contributed by atoms with E-state index in [4.69, 9.17) is 5.73 Å². The molecule has 0 fully saturated rings. The van der Waals surface area contributed by atoms with Gasteiger partial charge in [-0.15, -0.1) is 0 Å². The third-order valence-corrected chi connectivity index (χ3v) is 2.07. The van der Waals surface area contributed by atoms with Crippen LogP contribution in [0.2, 0.25) is 0 Å². The zero-order chi connectivity index (χ0) is 10.7. The van der Waals surface area contributed by atoms with E-state index >= 15 is 0 Å². The van der Waals surface area contributed by atoms with Gasteiger partial charge < -0.3 is 10.6 Å². The molecule has 1 rings (SSSR count). The quantitative estimate of drug-likeness (QED) is 0.728. The van der Waals surface area contributed by atoms with Gasteiger partial charge in [0.2, 0.25) is 0 Å². The number of rotatable bonds is 2. The van der Waals surface area contributed by atoms with E-state index in [1.165, 1.54) is 17.0 Å². The molecule has 0 saturated heterocycles. The third kappa shape index (κ3) is 2.02. The highest BCUT2D eigenvalue weighted by molar-refractivity contribution is 5.98. The lowest BCUT2D eigenvalue weighted by atomic mass is 10.1. The number of nitrogens with two attached hydrogens (primary N) is 1. The van der Waals surface area contributed by atoms with Crippen molar-refractivity contribution in [2.75, 3.05) is 19.3 Å². The second kappa shape index (κ2) is 4.09. The average Bonchev–Trinajstić information content (AvgIpc) is 2.19. The summed E-state index contributed by atoms with van der Waals surface area (Å²) in [7, 11) is 1.65. The first-order valence-electron chi connectivity index (χ1n) is 4.36. The Balaban J connectivity index is 3.06. The first-order valence-corrected chi connectivity index (χ1v) is 4.36. The summed E-state index contributed by atoms with van der Waals surface area (Å²) in [6.45, 7) is 2.40. The van der Waals surface area contributed by atoms with Gasteiger partial charge in [0.25, 0.3) is 5.91 Å². The summed E-state index contributed by atoms with van der Waals surface area (Å²) in [5.74, 6) is -0.712. The Morgan fingerprint density at radius 2 is 2.21 bits per heavy atom. The molecule has 0 aliphatic heterocycles. The molecule has 0 bridgehead atoms. The molecule has 4 heteroatoms. The van der Waals surface area contributed by atoms with Gasteiger partial charge in [0, 0.05) is 19.3 Å². The van der Waals surface area contributed by atoms with Gasteiger partial charge in [0.05, 0.1) is 5.56 Å². The molecule has 76 valence electrons. The van der Waals surface area contributed by atoms with Crippen LogP contribution >= 0.6 is 0 Å². The number of hydrogen-bond acceptors (Lipinski definition) is 2. The minimum atomic E-state index is -0.452. The SMILES string of the molecule is CCN(C)C(=O)c1cc(F)ccc1N. The molecule has 0 aliphatic carbocycles. The standard InChI is InChI=1S/C10H13FN2O/c1-3-13(2)10(14)8-6-7(11)4-5-9(8)12/h4-6H,3,12H2,1-2H3. The van der Waals surface area contributed by atoms with Gasteiger partial charge in [-0.1, -0.05) is 0 Å². The predicted molar refractivity (Wildman–Crippen MR) is 53.4 cm³/mol. The first kappa shape index (κ1) is 10.5. The molecular weight excluding hydrogens is 183 g/mol. The second-order valence-electron chi connectivity index (χ2n) is 3.05. The van der Waals surface area contributed by atoms with Crippen molar-refractivity contribution in [1.82, 2.24) is 4.90 Å². The Morgan fingerprint density at radius 1 is 1.57 bits per heavy atom. The van der Waals surface area contributed by atoms with Crippen molar-refractivity contribution in [3.63, 3.8) is 0 Å². The molecule has 14 heavy (non-hydrogen) atoms. The lowest BCUT2D eigenvalue weighted by Gasteiger charge is -2.15. The summed E-state index contributed by atoms with van der Waals surface area (Å²) < 4.78 is 12.8. The van der Waals surface area contributed by atoms with Gasteiger partial charge >= 0.3 is 0 Å². The summed E-state index contributed by atoms with van der Waals surface area (Å²) in [4.78, 5) is 13.1. The number of amides is 1.